The molecule has 0 aromatic rings. The van der Waals surface area contributed by atoms with E-state index < -0.39 is 8.07 Å². The van der Waals surface area contributed by atoms with Crippen LogP contribution in [-0.2, 0) is 21.7 Å². The van der Waals surface area contributed by atoms with Gasteiger partial charge in [0.2, 0.25) is 0 Å². The first kappa shape index (κ1) is 11.4. The maximum absolute atomic E-state index is 3.28. The molecule has 0 saturated carbocycles. The molecular weight excluding hydrogens is 184 g/mol. The first-order valence-corrected chi connectivity index (χ1v) is 7.55. The molecule has 0 nitrogen and oxygen atoms in total. The fourth-order valence-electron chi connectivity index (χ4n) is 1.20. The second kappa shape index (κ2) is 4.44. The Morgan fingerprint density at radius 1 is 1.45 bits per heavy atom. The molecule has 0 bridgehead atoms. The summed E-state index contributed by atoms with van der Waals surface area (Å²) in [7, 11) is -0.862. The van der Waals surface area contributed by atoms with Crippen LogP contribution in [0.3, 0.4) is 0 Å². The average Bonchev–Trinajstić information content (AvgIpc) is 2.12. The zero-order valence-electron chi connectivity index (χ0n) is 7.57. The third kappa shape index (κ3) is 4.78. The van der Waals surface area contributed by atoms with Gasteiger partial charge in [0, 0.05) is 29.8 Å². The number of hydrogen-bond donors (Lipinski definition) is 0. The third-order valence-electron chi connectivity index (χ3n) is 1.51. The van der Waals surface area contributed by atoms with Crippen LogP contribution in [0.2, 0.25) is 25.7 Å². The van der Waals surface area contributed by atoms with Gasteiger partial charge in [-0.3, -0.25) is 6.08 Å². The van der Waals surface area contributed by atoms with Gasteiger partial charge in [0.05, 0.1) is 0 Å². The van der Waals surface area contributed by atoms with Crippen molar-refractivity contribution in [3.63, 3.8) is 0 Å². The van der Waals surface area contributed by atoms with Crippen molar-refractivity contribution in [3.05, 3.63) is 23.8 Å². The summed E-state index contributed by atoms with van der Waals surface area (Å²) in [5.74, 6) is 0. The van der Waals surface area contributed by atoms with Crippen molar-refractivity contribution in [1.29, 1.82) is 0 Å². The molecule has 0 radical (unpaired) electrons. The van der Waals surface area contributed by atoms with Gasteiger partial charge < -0.3 is 0 Å². The molecule has 0 amide bonds. The molecule has 0 unspecified atom stereocenters. The van der Waals surface area contributed by atoms with Crippen LogP contribution in [-0.4, -0.2) is 8.07 Å². The molecule has 2 heteroatoms. The molecule has 1 rings (SSSR count). The summed E-state index contributed by atoms with van der Waals surface area (Å²) >= 11 is 0. The Hall–Kier alpha value is 0.411. The van der Waals surface area contributed by atoms with Gasteiger partial charge in [0.15, 0.2) is 0 Å². The van der Waals surface area contributed by atoms with Gasteiger partial charge in [-0.05, 0) is 0 Å². The Kier molecular flexibility index (Phi) is 4.61. The van der Waals surface area contributed by atoms with Crippen LogP contribution < -0.4 is 0 Å². The van der Waals surface area contributed by atoms with E-state index in [1.54, 1.807) is 0 Å². The van der Waals surface area contributed by atoms with Crippen LogP contribution in [0.4, 0.5) is 0 Å². The minimum absolute atomic E-state index is 0. The van der Waals surface area contributed by atoms with Crippen molar-refractivity contribution in [1.82, 2.24) is 0 Å². The molecule has 0 atom stereocenters. The molecular formula is C9H15SiTi-. The predicted octanol–water partition coefficient (Wildman–Crippen LogP) is 3.01. The molecule has 1 aliphatic rings. The first-order valence-electron chi connectivity index (χ1n) is 3.84. The van der Waals surface area contributed by atoms with Crippen molar-refractivity contribution in [2.24, 2.45) is 0 Å². The Bertz CT molecular complexity index is 174. The van der Waals surface area contributed by atoms with E-state index in [9.17, 15) is 0 Å². The van der Waals surface area contributed by atoms with E-state index in [0.717, 1.165) is 6.42 Å². The standard InChI is InChI=1S/C9H15Si.Ti/c1-10(2,3)8-9-6-4-5-7-9;/h4-5H,6,8H2,1-3H3;/q-1;. The monoisotopic (exact) mass is 199 g/mol. The summed E-state index contributed by atoms with van der Waals surface area (Å²) in [5, 5.41) is 0. The van der Waals surface area contributed by atoms with Crippen LogP contribution in [0, 0.1) is 6.08 Å². The van der Waals surface area contributed by atoms with Gasteiger partial charge in [0.1, 0.15) is 0 Å². The fourth-order valence-corrected chi connectivity index (χ4v) is 2.73. The molecule has 0 N–H and O–H groups in total. The number of hydrogen-bond acceptors (Lipinski definition) is 0. The summed E-state index contributed by atoms with van der Waals surface area (Å²) in [6.45, 7) is 7.21. The van der Waals surface area contributed by atoms with Crippen molar-refractivity contribution in [2.45, 2.75) is 32.1 Å². The molecule has 1 aliphatic carbocycles. The Morgan fingerprint density at radius 2 is 2.09 bits per heavy atom. The summed E-state index contributed by atoms with van der Waals surface area (Å²) in [5.41, 5.74) is 1.51. The normalized spacial score (nSPS) is 16.1. The fraction of sp³-hybridized carbons (Fsp3) is 0.556. The van der Waals surface area contributed by atoms with Gasteiger partial charge in [-0.25, -0.2) is 12.2 Å². The van der Waals surface area contributed by atoms with E-state index in [2.05, 4.69) is 37.9 Å². The molecule has 11 heavy (non-hydrogen) atoms. The van der Waals surface area contributed by atoms with Crippen LogP contribution in [0.25, 0.3) is 0 Å². The van der Waals surface area contributed by atoms with Gasteiger partial charge >= 0.3 is 0 Å². The van der Waals surface area contributed by atoms with Crippen molar-refractivity contribution >= 4 is 8.07 Å². The maximum Gasteiger partial charge on any atom is 0.0467 e. The van der Waals surface area contributed by atoms with Gasteiger partial charge in [-0.15, -0.1) is 0 Å². The van der Waals surface area contributed by atoms with Crippen LogP contribution in [0.5, 0.6) is 0 Å². The molecule has 0 aromatic heterocycles. The van der Waals surface area contributed by atoms with E-state index in [4.69, 9.17) is 0 Å². The van der Waals surface area contributed by atoms with E-state index in [0.29, 0.717) is 0 Å². The zero-order valence-corrected chi connectivity index (χ0v) is 10.1. The zero-order chi connectivity index (χ0) is 7.61. The summed E-state index contributed by atoms with van der Waals surface area (Å²) in [6.07, 6.45) is 8.68. The SMILES string of the molecule is C[Si](C)(C)CC1=[C-]C=CC1.[Ti]. The average molecular weight is 199 g/mol. The molecule has 0 fully saturated rings. The largest absolute Gasteiger partial charge is 0.253 e. The molecule has 60 valence electrons. The van der Waals surface area contributed by atoms with Crippen LogP contribution in [0.1, 0.15) is 6.42 Å². The van der Waals surface area contributed by atoms with E-state index >= 15 is 0 Å². The van der Waals surface area contributed by atoms with E-state index in [1.165, 1.54) is 11.6 Å². The summed E-state index contributed by atoms with van der Waals surface area (Å²) in [4.78, 5) is 0. The quantitative estimate of drug-likeness (QED) is 0.473. The minimum atomic E-state index is -0.862. The number of allylic oxidation sites excluding steroid dienone is 4. The Labute approximate surface area is 85.7 Å². The minimum Gasteiger partial charge on any atom is -0.253 e. The van der Waals surface area contributed by atoms with Gasteiger partial charge in [-0.2, -0.15) is 5.57 Å². The Morgan fingerprint density at radius 3 is 2.45 bits per heavy atom. The van der Waals surface area contributed by atoms with Gasteiger partial charge in [-0.1, -0.05) is 32.1 Å². The molecule has 0 heterocycles. The van der Waals surface area contributed by atoms with Crippen molar-refractivity contribution in [3.8, 4) is 0 Å². The molecule has 0 aromatic carbocycles. The molecule has 0 spiro atoms. The number of rotatable bonds is 2. The predicted molar refractivity (Wildman–Crippen MR) is 48.7 cm³/mol. The van der Waals surface area contributed by atoms with Gasteiger partial charge in [0.25, 0.3) is 0 Å². The summed E-state index contributed by atoms with van der Waals surface area (Å²) in [6, 6.07) is 1.32. The topological polar surface area (TPSA) is 0 Å². The van der Waals surface area contributed by atoms with E-state index in [-0.39, 0.29) is 21.7 Å². The van der Waals surface area contributed by atoms with Crippen molar-refractivity contribution < 1.29 is 21.7 Å². The molecule has 0 saturated heterocycles. The first-order chi connectivity index (χ1) is 4.58. The maximum atomic E-state index is 3.28. The van der Waals surface area contributed by atoms with E-state index in [1.807, 2.05) is 0 Å². The second-order valence-corrected chi connectivity index (χ2v) is 9.57. The Balaban J connectivity index is 0.000001000. The summed E-state index contributed by atoms with van der Waals surface area (Å²) < 4.78 is 0. The molecule has 0 aliphatic heterocycles. The second-order valence-electron chi connectivity index (χ2n) is 4.09. The third-order valence-corrected chi connectivity index (χ3v) is 3.00. The van der Waals surface area contributed by atoms with Crippen LogP contribution >= 0.6 is 0 Å². The van der Waals surface area contributed by atoms with Crippen molar-refractivity contribution in [2.75, 3.05) is 0 Å². The van der Waals surface area contributed by atoms with Crippen LogP contribution in [0.15, 0.2) is 17.7 Å². The smallest absolute Gasteiger partial charge is 0.0467 e.